The number of halogens is 1. The van der Waals surface area contributed by atoms with E-state index in [-0.39, 0.29) is 25.0 Å². The van der Waals surface area contributed by atoms with Crippen LogP contribution < -0.4 is 4.74 Å². The van der Waals surface area contributed by atoms with Gasteiger partial charge in [-0.3, -0.25) is 14.6 Å². The predicted octanol–water partition coefficient (Wildman–Crippen LogP) is 1.11. The molecule has 1 aliphatic heterocycles. The fraction of sp³-hybridized carbons (Fsp3) is 0.588. The molecule has 24 heavy (non-hydrogen) atoms. The predicted molar refractivity (Wildman–Crippen MR) is 95.1 cm³/mol. The molecule has 2 N–H and O–H groups in total. The van der Waals surface area contributed by atoms with Gasteiger partial charge in [0.25, 0.3) is 0 Å². The van der Waals surface area contributed by atoms with Gasteiger partial charge in [-0.05, 0) is 44.1 Å². The molecule has 0 aromatic heterocycles. The molecule has 6 nitrogen and oxygen atoms in total. The summed E-state index contributed by atoms with van der Waals surface area (Å²) >= 11 is 0. The number of likely N-dealkylation sites (N-methyl/N-ethyl adjacent to an activating group) is 1. The van der Waals surface area contributed by atoms with Crippen molar-refractivity contribution in [2.75, 3.05) is 40.3 Å². The second-order valence-corrected chi connectivity index (χ2v) is 6.16. The van der Waals surface area contributed by atoms with Crippen LogP contribution in [0.4, 0.5) is 0 Å². The molecule has 1 unspecified atom stereocenters. The molecule has 1 aromatic carbocycles. The second kappa shape index (κ2) is 9.84. The molecule has 1 aliphatic rings. The van der Waals surface area contributed by atoms with E-state index in [0.717, 1.165) is 25.1 Å². The maximum absolute atomic E-state index is 10.8. The van der Waals surface area contributed by atoms with Gasteiger partial charge in [0.2, 0.25) is 0 Å². The average Bonchev–Trinajstić information content (AvgIpc) is 2.88. The molecule has 1 aromatic rings. The average molecular weight is 359 g/mol. The molecule has 1 fully saturated rings. The maximum atomic E-state index is 10.8. The number of ether oxygens (including phenoxy) is 1. The molecule has 2 atom stereocenters. The van der Waals surface area contributed by atoms with E-state index < -0.39 is 12.1 Å². The fourth-order valence-electron chi connectivity index (χ4n) is 3.13. The van der Waals surface area contributed by atoms with Gasteiger partial charge in [0, 0.05) is 19.1 Å². The quantitative estimate of drug-likeness (QED) is 0.725. The van der Waals surface area contributed by atoms with Crippen LogP contribution in [0.5, 0.6) is 5.75 Å². The van der Waals surface area contributed by atoms with Crippen molar-refractivity contribution >= 4 is 18.4 Å². The number of aryl methyl sites for hydroxylation is 1. The Morgan fingerprint density at radius 3 is 2.83 bits per heavy atom. The number of likely N-dealkylation sites (tertiary alicyclic amines) is 1. The zero-order chi connectivity index (χ0) is 16.8. The van der Waals surface area contributed by atoms with Crippen LogP contribution in [0.3, 0.4) is 0 Å². The minimum Gasteiger partial charge on any atom is -0.497 e. The molecule has 136 valence electrons. The molecule has 0 bridgehead atoms. The van der Waals surface area contributed by atoms with Crippen LogP contribution in [0.1, 0.15) is 12.0 Å². The molecule has 7 heteroatoms. The van der Waals surface area contributed by atoms with Crippen LogP contribution in [0.25, 0.3) is 0 Å². The van der Waals surface area contributed by atoms with Gasteiger partial charge in [-0.15, -0.1) is 12.4 Å². The lowest BCUT2D eigenvalue weighted by Gasteiger charge is -2.24. The third kappa shape index (κ3) is 5.94. The Balaban J connectivity index is 0.00000288. The zero-order valence-electron chi connectivity index (χ0n) is 14.2. The van der Waals surface area contributed by atoms with Crippen LogP contribution in [-0.4, -0.2) is 78.5 Å². The van der Waals surface area contributed by atoms with Crippen molar-refractivity contribution in [2.24, 2.45) is 0 Å². The third-order valence-electron chi connectivity index (χ3n) is 4.36. The Hall–Kier alpha value is -1.34. The molecule has 0 radical (unpaired) electrons. The summed E-state index contributed by atoms with van der Waals surface area (Å²) < 4.78 is 5.22. The number of aliphatic carboxylic acids is 1. The first kappa shape index (κ1) is 20.7. The third-order valence-corrected chi connectivity index (χ3v) is 4.36. The first-order chi connectivity index (χ1) is 11.0. The Morgan fingerprint density at radius 2 is 2.17 bits per heavy atom. The van der Waals surface area contributed by atoms with Gasteiger partial charge >= 0.3 is 5.97 Å². The van der Waals surface area contributed by atoms with Gasteiger partial charge in [-0.1, -0.05) is 12.1 Å². The summed E-state index contributed by atoms with van der Waals surface area (Å²) in [4.78, 5) is 14.7. The summed E-state index contributed by atoms with van der Waals surface area (Å²) in [6, 6.07) is 7.95. The molecule has 0 spiro atoms. The minimum atomic E-state index is -0.865. The molecular formula is C17H27ClN2O4. The van der Waals surface area contributed by atoms with Crippen molar-refractivity contribution in [3.05, 3.63) is 29.8 Å². The van der Waals surface area contributed by atoms with E-state index in [1.54, 1.807) is 19.1 Å². The number of benzene rings is 1. The normalized spacial score (nSPS) is 20.8. The number of rotatable bonds is 8. The van der Waals surface area contributed by atoms with E-state index in [2.05, 4.69) is 11.0 Å². The van der Waals surface area contributed by atoms with E-state index >= 15 is 0 Å². The summed E-state index contributed by atoms with van der Waals surface area (Å²) in [6.45, 7) is 2.17. The number of carboxylic acid groups (broad SMARTS) is 1. The number of aliphatic hydroxyl groups excluding tert-OH is 1. The number of hydrogen-bond donors (Lipinski definition) is 2. The standard InChI is InChI=1S/C17H26N2O4.ClH/c1-18(12-17(21)22)15-10-19(11-16(15)20)8-4-6-13-5-3-7-14(9-13)23-2;/h3,5,7,9,15-16,20H,4,6,8,10-12H2,1-2H3,(H,21,22);1H/t15?,16-;/m1./s1. The fourth-order valence-corrected chi connectivity index (χ4v) is 3.13. The maximum Gasteiger partial charge on any atom is 0.317 e. The summed E-state index contributed by atoms with van der Waals surface area (Å²) in [5, 5.41) is 19.0. The highest BCUT2D eigenvalue weighted by molar-refractivity contribution is 5.85. The zero-order valence-corrected chi connectivity index (χ0v) is 15.0. The van der Waals surface area contributed by atoms with Crippen molar-refractivity contribution in [3.8, 4) is 5.75 Å². The first-order valence-electron chi connectivity index (χ1n) is 7.95. The summed E-state index contributed by atoms with van der Waals surface area (Å²) in [7, 11) is 3.42. The first-order valence-corrected chi connectivity index (χ1v) is 7.95. The van der Waals surface area contributed by atoms with E-state index in [9.17, 15) is 9.90 Å². The molecule has 1 saturated heterocycles. The van der Waals surface area contributed by atoms with E-state index in [1.807, 2.05) is 18.2 Å². The molecule has 1 heterocycles. The Bertz CT molecular complexity index is 529. The van der Waals surface area contributed by atoms with Gasteiger partial charge in [-0.2, -0.15) is 0 Å². The van der Waals surface area contributed by atoms with Gasteiger partial charge in [0.15, 0.2) is 0 Å². The highest BCUT2D eigenvalue weighted by Crippen LogP contribution is 2.17. The number of aliphatic hydroxyl groups is 1. The molecule has 0 saturated carbocycles. The van der Waals surface area contributed by atoms with Gasteiger partial charge < -0.3 is 14.9 Å². The van der Waals surface area contributed by atoms with E-state index in [0.29, 0.717) is 13.1 Å². The second-order valence-electron chi connectivity index (χ2n) is 6.16. The van der Waals surface area contributed by atoms with E-state index in [1.165, 1.54) is 5.56 Å². The van der Waals surface area contributed by atoms with Crippen LogP contribution in [-0.2, 0) is 11.2 Å². The van der Waals surface area contributed by atoms with Crippen molar-refractivity contribution in [1.29, 1.82) is 0 Å². The summed E-state index contributed by atoms with van der Waals surface area (Å²) in [6.07, 6.45) is 1.46. The highest BCUT2D eigenvalue weighted by atomic mass is 35.5. The van der Waals surface area contributed by atoms with Crippen molar-refractivity contribution < 1.29 is 19.7 Å². The number of carbonyl (C=O) groups is 1. The van der Waals surface area contributed by atoms with Crippen LogP contribution >= 0.6 is 12.4 Å². The van der Waals surface area contributed by atoms with Crippen LogP contribution in [0, 0.1) is 0 Å². The number of carboxylic acids is 1. The molecular weight excluding hydrogens is 332 g/mol. The van der Waals surface area contributed by atoms with Crippen molar-refractivity contribution in [1.82, 2.24) is 9.80 Å². The van der Waals surface area contributed by atoms with E-state index in [4.69, 9.17) is 9.84 Å². The number of methoxy groups -OCH3 is 1. The van der Waals surface area contributed by atoms with Gasteiger partial charge in [0.1, 0.15) is 5.75 Å². The lowest BCUT2D eigenvalue weighted by Crippen LogP contribution is -2.43. The topological polar surface area (TPSA) is 73.2 Å². The molecule has 2 rings (SSSR count). The van der Waals surface area contributed by atoms with Gasteiger partial charge in [0.05, 0.1) is 19.8 Å². The Kier molecular flexibility index (Phi) is 8.48. The lowest BCUT2D eigenvalue weighted by molar-refractivity contribution is -0.138. The van der Waals surface area contributed by atoms with Crippen molar-refractivity contribution in [3.63, 3.8) is 0 Å². The van der Waals surface area contributed by atoms with Gasteiger partial charge in [-0.25, -0.2) is 0 Å². The molecule has 0 amide bonds. The van der Waals surface area contributed by atoms with Crippen molar-refractivity contribution in [2.45, 2.75) is 25.0 Å². The van der Waals surface area contributed by atoms with Crippen LogP contribution in [0.2, 0.25) is 0 Å². The smallest absolute Gasteiger partial charge is 0.317 e. The number of β-amino-alcohol motifs (C(OH)–C–C–N with tert-alkyl or cyclic N) is 1. The SMILES string of the molecule is COc1cccc(CCCN2CC(N(C)CC(=O)O)[C@H](O)C2)c1.Cl. The minimum absolute atomic E-state index is 0. The number of hydrogen-bond acceptors (Lipinski definition) is 5. The van der Waals surface area contributed by atoms with Crippen LogP contribution in [0.15, 0.2) is 24.3 Å². The molecule has 0 aliphatic carbocycles. The lowest BCUT2D eigenvalue weighted by atomic mass is 10.1. The largest absolute Gasteiger partial charge is 0.497 e. The number of nitrogens with zero attached hydrogens (tertiary/aromatic N) is 2. The summed E-state index contributed by atoms with van der Waals surface area (Å²) in [5.74, 6) is 0.00521. The Labute approximate surface area is 149 Å². The highest BCUT2D eigenvalue weighted by Gasteiger charge is 2.34. The monoisotopic (exact) mass is 358 g/mol. The Morgan fingerprint density at radius 1 is 1.42 bits per heavy atom. The summed E-state index contributed by atoms with van der Waals surface area (Å²) in [5.41, 5.74) is 1.24.